The maximum atomic E-state index is 5.82. The normalized spacial score (nSPS) is 19.4. The molecule has 0 saturated heterocycles. The predicted octanol–water partition coefficient (Wildman–Crippen LogP) is 4.54. The van der Waals surface area contributed by atoms with Crippen molar-refractivity contribution >= 4 is 0 Å². The Balaban J connectivity index is 4.83. The lowest BCUT2D eigenvalue weighted by Crippen LogP contribution is -2.32. The zero-order chi connectivity index (χ0) is 14.4. The van der Waals surface area contributed by atoms with E-state index in [0.717, 1.165) is 12.8 Å². The van der Waals surface area contributed by atoms with Crippen LogP contribution in [0.2, 0.25) is 0 Å². The summed E-state index contributed by atoms with van der Waals surface area (Å²) in [6.45, 7) is 16.0. The second kappa shape index (κ2) is 7.19. The van der Waals surface area contributed by atoms with E-state index >= 15 is 0 Å². The summed E-state index contributed by atoms with van der Waals surface area (Å²) < 4.78 is 11.6. The maximum absolute atomic E-state index is 5.82. The zero-order valence-electron chi connectivity index (χ0n) is 13.3. The van der Waals surface area contributed by atoms with E-state index in [1.54, 1.807) is 0 Å². The molecule has 0 heterocycles. The van der Waals surface area contributed by atoms with Gasteiger partial charge in [-0.2, -0.15) is 10.2 Å². The third kappa shape index (κ3) is 6.45. The van der Waals surface area contributed by atoms with E-state index in [2.05, 4.69) is 10.2 Å². The number of ether oxygens (including phenoxy) is 2. The summed E-state index contributed by atoms with van der Waals surface area (Å²) in [7, 11) is 0. The van der Waals surface area contributed by atoms with Gasteiger partial charge in [0, 0.05) is 0 Å². The molecule has 0 aliphatic rings. The van der Waals surface area contributed by atoms with Gasteiger partial charge in [0.1, 0.15) is 0 Å². The largest absolute Gasteiger partial charge is 0.350 e. The molecule has 0 aliphatic carbocycles. The molecule has 0 N–H and O–H groups in total. The minimum atomic E-state index is -0.565. The van der Waals surface area contributed by atoms with Crippen molar-refractivity contribution in [2.24, 2.45) is 10.2 Å². The van der Waals surface area contributed by atoms with Gasteiger partial charge < -0.3 is 9.47 Å². The summed E-state index contributed by atoms with van der Waals surface area (Å²) in [6.07, 6.45) is 1.84. The Kier molecular flexibility index (Phi) is 7.00. The molecule has 2 unspecified atom stereocenters. The molecule has 0 aromatic carbocycles. The minimum Gasteiger partial charge on any atom is -0.350 e. The lowest BCUT2D eigenvalue weighted by molar-refractivity contribution is -0.0947. The molecule has 0 aromatic heterocycles. The molecule has 0 fully saturated rings. The molecule has 4 nitrogen and oxygen atoms in total. The maximum Gasteiger partial charge on any atom is 0.176 e. The Labute approximate surface area is 112 Å². The second-order valence-electron chi connectivity index (χ2n) is 5.59. The van der Waals surface area contributed by atoms with E-state index < -0.39 is 11.4 Å². The molecule has 0 spiro atoms. The summed E-state index contributed by atoms with van der Waals surface area (Å²) in [6, 6.07) is 0. The average molecular weight is 258 g/mol. The van der Waals surface area contributed by atoms with E-state index in [1.807, 2.05) is 55.4 Å². The average Bonchev–Trinajstić information content (AvgIpc) is 2.25. The summed E-state index contributed by atoms with van der Waals surface area (Å²) in [5.41, 5.74) is -1.13. The van der Waals surface area contributed by atoms with E-state index in [4.69, 9.17) is 9.47 Å². The monoisotopic (exact) mass is 258 g/mol. The van der Waals surface area contributed by atoms with Crippen LogP contribution in [-0.2, 0) is 9.47 Å². The molecule has 18 heavy (non-hydrogen) atoms. The first-order chi connectivity index (χ1) is 8.16. The second-order valence-corrected chi connectivity index (χ2v) is 5.59. The lowest BCUT2D eigenvalue weighted by Gasteiger charge is -2.29. The number of nitrogens with zero attached hydrogens (tertiary/aromatic N) is 2. The van der Waals surface area contributed by atoms with Gasteiger partial charge in [-0.15, -0.1) is 0 Å². The molecule has 0 aliphatic heterocycles. The molecule has 108 valence electrons. The van der Waals surface area contributed by atoms with Gasteiger partial charge in [0.25, 0.3) is 0 Å². The van der Waals surface area contributed by atoms with Crippen LogP contribution in [0.4, 0.5) is 0 Å². The Morgan fingerprint density at radius 3 is 1.22 bits per heavy atom. The van der Waals surface area contributed by atoms with E-state index in [9.17, 15) is 0 Å². The van der Waals surface area contributed by atoms with Crippen LogP contribution in [0.1, 0.15) is 68.2 Å². The topological polar surface area (TPSA) is 43.2 Å². The van der Waals surface area contributed by atoms with Crippen molar-refractivity contribution in [3.8, 4) is 0 Å². The number of hydrogen-bond donors (Lipinski definition) is 0. The highest BCUT2D eigenvalue weighted by Gasteiger charge is 2.28. The molecule has 0 aromatic rings. The molecular weight excluding hydrogens is 228 g/mol. The molecule has 0 radical (unpaired) electrons. The molecule has 0 amide bonds. The Bertz CT molecular complexity index is 241. The highest BCUT2D eigenvalue weighted by molar-refractivity contribution is 4.74. The summed E-state index contributed by atoms with van der Waals surface area (Å²) in [5.74, 6) is 0. The number of rotatable bonds is 8. The van der Waals surface area contributed by atoms with Crippen molar-refractivity contribution in [1.82, 2.24) is 0 Å². The van der Waals surface area contributed by atoms with Crippen molar-refractivity contribution < 1.29 is 9.47 Å². The number of hydrogen-bond acceptors (Lipinski definition) is 4. The third-order valence-electron chi connectivity index (χ3n) is 2.76. The molecule has 4 heteroatoms. The summed E-state index contributed by atoms with van der Waals surface area (Å²) in [5, 5.41) is 8.78. The standard InChI is InChI=1S/C14H30N2O2/c1-9-13(7,17-11(3)4)15-16-14(8,10-2)18-12(5)6/h11-12H,9-10H2,1-8H3. The minimum absolute atomic E-state index is 0.132. The first-order valence-corrected chi connectivity index (χ1v) is 6.96. The van der Waals surface area contributed by atoms with Crippen LogP contribution in [-0.4, -0.2) is 23.7 Å². The van der Waals surface area contributed by atoms with E-state index in [1.165, 1.54) is 0 Å². The lowest BCUT2D eigenvalue weighted by atomic mass is 10.2. The van der Waals surface area contributed by atoms with Gasteiger partial charge in [-0.3, -0.25) is 0 Å². The van der Waals surface area contributed by atoms with E-state index in [0.29, 0.717) is 0 Å². The van der Waals surface area contributed by atoms with Crippen LogP contribution in [0.15, 0.2) is 10.2 Å². The molecular formula is C14H30N2O2. The highest BCUT2D eigenvalue weighted by Crippen LogP contribution is 2.25. The molecule has 0 bridgehead atoms. The van der Waals surface area contributed by atoms with Crippen molar-refractivity contribution in [3.05, 3.63) is 0 Å². The van der Waals surface area contributed by atoms with Gasteiger partial charge in [-0.05, 0) is 54.4 Å². The van der Waals surface area contributed by atoms with Gasteiger partial charge in [-0.1, -0.05) is 13.8 Å². The van der Waals surface area contributed by atoms with Gasteiger partial charge in [0.15, 0.2) is 11.4 Å². The van der Waals surface area contributed by atoms with Crippen LogP contribution in [0.5, 0.6) is 0 Å². The summed E-state index contributed by atoms with van der Waals surface area (Å²) >= 11 is 0. The van der Waals surface area contributed by atoms with Crippen LogP contribution in [0.3, 0.4) is 0 Å². The van der Waals surface area contributed by atoms with Crippen molar-refractivity contribution in [1.29, 1.82) is 0 Å². The zero-order valence-corrected chi connectivity index (χ0v) is 13.3. The van der Waals surface area contributed by atoms with Crippen molar-refractivity contribution in [2.45, 2.75) is 91.9 Å². The van der Waals surface area contributed by atoms with Gasteiger partial charge in [0.05, 0.1) is 12.2 Å². The van der Waals surface area contributed by atoms with Crippen LogP contribution < -0.4 is 0 Å². The quantitative estimate of drug-likeness (QED) is 0.600. The summed E-state index contributed by atoms with van der Waals surface area (Å²) in [4.78, 5) is 0. The van der Waals surface area contributed by atoms with Crippen LogP contribution in [0.25, 0.3) is 0 Å². The Hall–Kier alpha value is -0.480. The first-order valence-electron chi connectivity index (χ1n) is 6.96. The SMILES string of the molecule is CCC(C)(N=NC(C)(CC)OC(C)C)OC(C)C. The van der Waals surface area contributed by atoms with Crippen LogP contribution in [0, 0.1) is 0 Å². The third-order valence-corrected chi connectivity index (χ3v) is 2.76. The Morgan fingerprint density at radius 2 is 1.06 bits per heavy atom. The number of azo groups is 1. The molecule has 2 atom stereocenters. The molecule has 0 saturated carbocycles. The fraction of sp³-hybridized carbons (Fsp3) is 1.00. The van der Waals surface area contributed by atoms with Crippen molar-refractivity contribution in [3.63, 3.8) is 0 Å². The molecule has 0 rings (SSSR count). The smallest absolute Gasteiger partial charge is 0.176 e. The fourth-order valence-electron chi connectivity index (χ4n) is 1.58. The highest BCUT2D eigenvalue weighted by atomic mass is 16.5. The fourth-order valence-corrected chi connectivity index (χ4v) is 1.58. The van der Waals surface area contributed by atoms with Crippen LogP contribution >= 0.6 is 0 Å². The van der Waals surface area contributed by atoms with E-state index in [-0.39, 0.29) is 12.2 Å². The van der Waals surface area contributed by atoms with Crippen molar-refractivity contribution in [2.75, 3.05) is 0 Å². The Morgan fingerprint density at radius 1 is 0.778 bits per heavy atom. The first kappa shape index (κ1) is 17.5. The van der Waals surface area contributed by atoms with Gasteiger partial charge in [-0.25, -0.2) is 0 Å². The van der Waals surface area contributed by atoms with Gasteiger partial charge in [0.2, 0.25) is 0 Å². The van der Waals surface area contributed by atoms with Gasteiger partial charge >= 0.3 is 0 Å². The predicted molar refractivity (Wildman–Crippen MR) is 74.7 cm³/mol.